The fourth-order valence-electron chi connectivity index (χ4n) is 3.20. The van der Waals surface area contributed by atoms with Gasteiger partial charge in [-0.1, -0.05) is 59.8 Å². The van der Waals surface area contributed by atoms with Gasteiger partial charge in [0.1, 0.15) is 5.69 Å². The number of nitrogens with zero attached hydrogens (tertiary/aromatic N) is 1. The van der Waals surface area contributed by atoms with Gasteiger partial charge in [-0.05, 0) is 37.0 Å². The number of benzene rings is 2. The van der Waals surface area contributed by atoms with Crippen LogP contribution in [0.5, 0.6) is 0 Å². The van der Waals surface area contributed by atoms with Crippen molar-refractivity contribution < 1.29 is 4.52 Å². The van der Waals surface area contributed by atoms with E-state index < -0.39 is 0 Å². The minimum atomic E-state index is 0.914. The molecule has 1 aromatic heterocycles. The van der Waals surface area contributed by atoms with Crippen LogP contribution in [0.25, 0.3) is 28.7 Å². The molecule has 0 amide bonds. The number of aryl methyl sites for hydroxylation is 2. The van der Waals surface area contributed by atoms with Gasteiger partial charge in [-0.25, -0.2) is 0 Å². The van der Waals surface area contributed by atoms with Gasteiger partial charge in [0, 0.05) is 16.7 Å². The van der Waals surface area contributed by atoms with E-state index in [1.807, 2.05) is 6.08 Å². The second-order valence-electron chi connectivity index (χ2n) is 5.83. The minimum Gasteiger partial charge on any atom is -0.355 e. The van der Waals surface area contributed by atoms with E-state index in [9.17, 15) is 0 Å². The Balaban J connectivity index is 1.86. The highest BCUT2D eigenvalue weighted by molar-refractivity contribution is 5.77. The number of fused-ring (bicyclic) bond motifs is 3. The van der Waals surface area contributed by atoms with E-state index >= 15 is 0 Å². The van der Waals surface area contributed by atoms with Gasteiger partial charge >= 0.3 is 0 Å². The molecule has 0 bridgehead atoms. The summed E-state index contributed by atoms with van der Waals surface area (Å²) in [4.78, 5) is 0. The summed E-state index contributed by atoms with van der Waals surface area (Å²) in [6, 6.07) is 14.8. The first-order valence-corrected chi connectivity index (χ1v) is 7.57. The Morgan fingerprint density at radius 2 is 2.05 bits per heavy atom. The average molecular weight is 287 g/mol. The highest BCUT2D eigenvalue weighted by Crippen LogP contribution is 2.39. The molecule has 22 heavy (non-hydrogen) atoms. The maximum Gasteiger partial charge on any atom is 0.170 e. The monoisotopic (exact) mass is 287 g/mol. The lowest BCUT2D eigenvalue weighted by Gasteiger charge is -2.15. The van der Waals surface area contributed by atoms with Gasteiger partial charge in [-0.2, -0.15) is 0 Å². The van der Waals surface area contributed by atoms with Gasteiger partial charge in [-0.15, -0.1) is 0 Å². The van der Waals surface area contributed by atoms with Crippen molar-refractivity contribution in [2.24, 2.45) is 0 Å². The van der Waals surface area contributed by atoms with Crippen LogP contribution in [0.3, 0.4) is 0 Å². The minimum absolute atomic E-state index is 0.914. The van der Waals surface area contributed by atoms with Crippen molar-refractivity contribution in [1.82, 2.24) is 5.16 Å². The molecule has 0 fully saturated rings. The Morgan fingerprint density at radius 1 is 1.14 bits per heavy atom. The Kier molecular flexibility index (Phi) is 2.97. The molecule has 2 heteroatoms. The smallest absolute Gasteiger partial charge is 0.170 e. The lowest BCUT2D eigenvalue weighted by atomic mass is 9.87. The van der Waals surface area contributed by atoms with Crippen molar-refractivity contribution in [3.63, 3.8) is 0 Å². The lowest BCUT2D eigenvalue weighted by molar-refractivity contribution is 0.434. The van der Waals surface area contributed by atoms with Crippen molar-refractivity contribution in [2.75, 3.05) is 0 Å². The van der Waals surface area contributed by atoms with Crippen molar-refractivity contribution in [2.45, 2.75) is 19.8 Å². The van der Waals surface area contributed by atoms with Gasteiger partial charge in [0.25, 0.3) is 0 Å². The van der Waals surface area contributed by atoms with Crippen LogP contribution in [0.2, 0.25) is 0 Å². The average Bonchev–Trinajstić information content (AvgIpc) is 2.98. The van der Waals surface area contributed by atoms with Crippen molar-refractivity contribution in [1.29, 1.82) is 0 Å². The molecule has 0 spiro atoms. The normalized spacial score (nSPS) is 12.6. The topological polar surface area (TPSA) is 26.0 Å². The van der Waals surface area contributed by atoms with Crippen molar-refractivity contribution in [3.05, 3.63) is 71.3 Å². The number of hydrogen-bond acceptors (Lipinski definition) is 2. The summed E-state index contributed by atoms with van der Waals surface area (Å²) in [5.41, 5.74) is 8.24. The van der Waals surface area contributed by atoms with Crippen LogP contribution in [0, 0.1) is 6.92 Å². The van der Waals surface area contributed by atoms with Crippen LogP contribution < -0.4 is 0 Å². The van der Waals surface area contributed by atoms with E-state index in [0.717, 1.165) is 35.4 Å². The van der Waals surface area contributed by atoms with Crippen molar-refractivity contribution >= 4 is 6.08 Å². The molecular weight excluding hydrogens is 270 g/mol. The highest BCUT2D eigenvalue weighted by Gasteiger charge is 2.24. The van der Waals surface area contributed by atoms with E-state index in [1.165, 1.54) is 22.3 Å². The first-order valence-electron chi connectivity index (χ1n) is 7.57. The van der Waals surface area contributed by atoms with E-state index in [-0.39, 0.29) is 0 Å². The summed E-state index contributed by atoms with van der Waals surface area (Å²) >= 11 is 0. The van der Waals surface area contributed by atoms with Crippen LogP contribution in [0.1, 0.15) is 22.3 Å². The van der Waals surface area contributed by atoms with Crippen LogP contribution in [-0.2, 0) is 12.8 Å². The molecule has 0 atom stereocenters. The summed E-state index contributed by atoms with van der Waals surface area (Å²) < 4.78 is 5.70. The summed E-state index contributed by atoms with van der Waals surface area (Å²) in [5, 5.41) is 4.36. The molecule has 0 unspecified atom stereocenters. The molecule has 0 aliphatic heterocycles. The molecule has 0 saturated heterocycles. The van der Waals surface area contributed by atoms with Crippen molar-refractivity contribution in [3.8, 4) is 22.6 Å². The maximum atomic E-state index is 5.70. The van der Waals surface area contributed by atoms with E-state index in [1.54, 1.807) is 0 Å². The third-order valence-electron chi connectivity index (χ3n) is 4.33. The zero-order chi connectivity index (χ0) is 15.1. The Labute approximate surface area is 130 Å². The Morgan fingerprint density at radius 3 is 2.86 bits per heavy atom. The summed E-state index contributed by atoms with van der Waals surface area (Å²) in [5.74, 6) is 0.914. The molecule has 1 heterocycles. The third-order valence-corrected chi connectivity index (χ3v) is 4.33. The summed E-state index contributed by atoms with van der Waals surface area (Å²) in [6.07, 6.45) is 3.87. The molecule has 2 nitrogen and oxygen atoms in total. The van der Waals surface area contributed by atoms with Crippen LogP contribution in [0.15, 0.2) is 53.6 Å². The molecule has 1 aliphatic carbocycles. The number of rotatable bonds is 2. The Hall–Kier alpha value is -2.61. The van der Waals surface area contributed by atoms with Gasteiger partial charge in [-0.3, -0.25) is 0 Å². The zero-order valence-corrected chi connectivity index (χ0v) is 12.6. The molecule has 4 rings (SSSR count). The third kappa shape index (κ3) is 2.00. The highest BCUT2D eigenvalue weighted by atomic mass is 16.5. The van der Waals surface area contributed by atoms with E-state index in [2.05, 4.69) is 61.1 Å². The second kappa shape index (κ2) is 4.99. The number of aromatic nitrogens is 1. The maximum absolute atomic E-state index is 5.70. The molecule has 0 saturated carbocycles. The van der Waals surface area contributed by atoms with Crippen LogP contribution >= 0.6 is 0 Å². The van der Waals surface area contributed by atoms with E-state index in [0.29, 0.717) is 0 Å². The Bertz CT molecular complexity index is 873. The molecular formula is C20H17NO. The molecule has 0 N–H and O–H groups in total. The molecule has 0 radical (unpaired) electrons. The summed E-state index contributed by atoms with van der Waals surface area (Å²) in [7, 11) is 0. The standard InChI is InChI=1S/C20H17NO/c1-3-14-7-9-17-15(12-14)8-10-18-19(17)21-22-20(18)16-6-4-5-13(2)11-16/h3-7,9,11-12H,1,8,10H2,2H3. The van der Waals surface area contributed by atoms with Gasteiger partial charge in [0.05, 0.1) is 0 Å². The molecule has 2 aromatic carbocycles. The zero-order valence-electron chi connectivity index (χ0n) is 12.6. The van der Waals surface area contributed by atoms with Crippen LogP contribution in [0.4, 0.5) is 0 Å². The first kappa shape index (κ1) is 13.1. The fourth-order valence-corrected chi connectivity index (χ4v) is 3.20. The molecule has 108 valence electrons. The lowest BCUT2D eigenvalue weighted by Crippen LogP contribution is -2.03. The van der Waals surface area contributed by atoms with E-state index in [4.69, 9.17) is 4.52 Å². The SMILES string of the molecule is C=Cc1ccc2c(c1)CCc1c-2noc1-c1cccc(C)c1. The molecule has 3 aromatic rings. The largest absolute Gasteiger partial charge is 0.355 e. The molecule has 1 aliphatic rings. The predicted molar refractivity (Wildman–Crippen MR) is 89.6 cm³/mol. The quantitative estimate of drug-likeness (QED) is 0.658. The first-order chi connectivity index (χ1) is 10.8. The summed E-state index contributed by atoms with van der Waals surface area (Å²) in [6.45, 7) is 5.94. The van der Waals surface area contributed by atoms with Gasteiger partial charge in [0.2, 0.25) is 0 Å². The number of hydrogen-bond donors (Lipinski definition) is 0. The van der Waals surface area contributed by atoms with Gasteiger partial charge < -0.3 is 4.52 Å². The fraction of sp³-hybridized carbons (Fsp3) is 0.150. The van der Waals surface area contributed by atoms with Gasteiger partial charge in [0.15, 0.2) is 5.76 Å². The second-order valence-corrected chi connectivity index (χ2v) is 5.83. The van der Waals surface area contributed by atoms with Crippen LogP contribution in [-0.4, -0.2) is 5.16 Å². The predicted octanol–water partition coefficient (Wildman–Crippen LogP) is 5.06.